The van der Waals surface area contributed by atoms with Crippen molar-refractivity contribution >= 4 is 15.9 Å². The number of aryl methyl sites for hydroxylation is 1. The molecule has 25 heavy (non-hydrogen) atoms. The lowest BCUT2D eigenvalue weighted by atomic mass is 10.1. The van der Waals surface area contributed by atoms with E-state index in [1.807, 2.05) is 0 Å². The second-order valence-corrected chi connectivity index (χ2v) is 8.14. The molecule has 2 aromatic rings. The normalized spacial score (nSPS) is 18.2. The molecule has 10 heteroatoms. The highest BCUT2D eigenvalue weighted by molar-refractivity contribution is 7.89. The average molecular weight is 366 g/mol. The van der Waals surface area contributed by atoms with Crippen LogP contribution in [-0.2, 0) is 21.9 Å². The number of nitrogens with one attached hydrogen (secondary N) is 1. The molecule has 1 aliphatic rings. The number of piperidine rings is 1. The van der Waals surface area contributed by atoms with E-state index in [0.29, 0.717) is 25.9 Å². The van der Waals surface area contributed by atoms with E-state index in [1.165, 1.54) is 21.4 Å². The molecular weight excluding hydrogens is 344 g/mol. The van der Waals surface area contributed by atoms with Gasteiger partial charge >= 0.3 is 0 Å². The van der Waals surface area contributed by atoms with Crippen LogP contribution in [0.1, 0.15) is 25.8 Å². The molecule has 0 spiro atoms. The highest BCUT2D eigenvalue weighted by Crippen LogP contribution is 2.20. The lowest BCUT2D eigenvalue weighted by Gasteiger charge is -2.31. The van der Waals surface area contributed by atoms with Crippen LogP contribution in [0.3, 0.4) is 0 Å². The first kappa shape index (κ1) is 17.6. The van der Waals surface area contributed by atoms with Gasteiger partial charge in [-0.1, -0.05) is 0 Å². The summed E-state index contributed by atoms with van der Waals surface area (Å²) in [5, 5.41) is 11.0. The van der Waals surface area contributed by atoms with E-state index in [4.69, 9.17) is 0 Å². The molecule has 1 aliphatic heterocycles. The lowest BCUT2D eigenvalue weighted by Crippen LogP contribution is -2.47. The summed E-state index contributed by atoms with van der Waals surface area (Å²) in [4.78, 5) is 12.5. The summed E-state index contributed by atoms with van der Waals surface area (Å²) in [5.41, 5.74) is 0. The monoisotopic (exact) mass is 366 g/mol. The maximum atomic E-state index is 12.6. The number of hydrogen-bond acceptors (Lipinski definition) is 5. The summed E-state index contributed by atoms with van der Waals surface area (Å²) in [6.45, 7) is 2.53. The Kier molecular flexibility index (Phi) is 4.91. The first-order valence-electron chi connectivity index (χ1n) is 8.16. The van der Waals surface area contributed by atoms with E-state index < -0.39 is 16.1 Å². The van der Waals surface area contributed by atoms with Gasteiger partial charge in [0.2, 0.25) is 15.9 Å². The maximum Gasteiger partial charge on any atom is 0.246 e. The summed E-state index contributed by atoms with van der Waals surface area (Å²) >= 11 is 0. The first-order chi connectivity index (χ1) is 11.9. The van der Waals surface area contributed by atoms with E-state index in [9.17, 15) is 13.2 Å². The molecule has 0 saturated carbocycles. The number of carbonyl (C=O) groups is 1. The van der Waals surface area contributed by atoms with Gasteiger partial charge in [0.05, 0.1) is 6.20 Å². The van der Waals surface area contributed by atoms with Gasteiger partial charge in [-0.25, -0.2) is 8.42 Å². The molecule has 3 rings (SSSR count). The average Bonchev–Trinajstić information content (AvgIpc) is 3.26. The minimum atomic E-state index is -3.52. The van der Waals surface area contributed by atoms with Gasteiger partial charge in [0.1, 0.15) is 10.9 Å². The molecule has 136 valence electrons. The van der Waals surface area contributed by atoms with Crippen LogP contribution in [0.2, 0.25) is 0 Å². The Balaban J connectivity index is 1.56. The zero-order valence-electron chi connectivity index (χ0n) is 14.2. The number of aromatic nitrogens is 4. The fourth-order valence-corrected chi connectivity index (χ4v) is 4.33. The predicted molar refractivity (Wildman–Crippen MR) is 90.1 cm³/mol. The predicted octanol–water partition coefficient (Wildman–Crippen LogP) is 0.147. The van der Waals surface area contributed by atoms with Gasteiger partial charge in [0.15, 0.2) is 0 Å². The van der Waals surface area contributed by atoms with Crippen LogP contribution < -0.4 is 5.32 Å². The zero-order valence-corrected chi connectivity index (χ0v) is 15.1. The highest BCUT2D eigenvalue weighted by Gasteiger charge is 2.31. The smallest absolute Gasteiger partial charge is 0.246 e. The summed E-state index contributed by atoms with van der Waals surface area (Å²) in [7, 11) is -1.84. The van der Waals surface area contributed by atoms with Gasteiger partial charge in [0, 0.05) is 44.8 Å². The second kappa shape index (κ2) is 6.96. The molecule has 0 aromatic carbocycles. The van der Waals surface area contributed by atoms with Crippen molar-refractivity contribution in [1.29, 1.82) is 0 Å². The van der Waals surface area contributed by atoms with E-state index in [2.05, 4.69) is 15.5 Å². The quantitative estimate of drug-likeness (QED) is 0.811. The third-order valence-electron chi connectivity index (χ3n) is 4.42. The fraction of sp³-hybridized carbons (Fsp3) is 0.533. The van der Waals surface area contributed by atoms with Crippen LogP contribution >= 0.6 is 0 Å². The van der Waals surface area contributed by atoms with Crippen LogP contribution in [0.4, 0.5) is 0 Å². The van der Waals surface area contributed by atoms with Crippen LogP contribution in [0.15, 0.2) is 35.7 Å². The van der Waals surface area contributed by atoms with Crippen molar-refractivity contribution < 1.29 is 13.2 Å². The molecule has 1 unspecified atom stereocenters. The molecule has 0 aliphatic carbocycles. The van der Waals surface area contributed by atoms with Crippen molar-refractivity contribution in [3.63, 3.8) is 0 Å². The number of carbonyl (C=O) groups excluding carboxylic acids is 1. The van der Waals surface area contributed by atoms with Crippen molar-refractivity contribution in [3.8, 4) is 0 Å². The summed E-state index contributed by atoms with van der Waals surface area (Å²) in [6.07, 6.45) is 7.39. The van der Waals surface area contributed by atoms with Gasteiger partial charge in [-0.05, 0) is 25.8 Å². The van der Waals surface area contributed by atoms with Gasteiger partial charge < -0.3 is 5.32 Å². The van der Waals surface area contributed by atoms with Crippen molar-refractivity contribution in [2.45, 2.75) is 36.7 Å². The number of hydrogen-bond donors (Lipinski definition) is 1. The second-order valence-electron chi connectivity index (χ2n) is 6.20. The largest absolute Gasteiger partial charge is 0.351 e. The number of sulfonamides is 1. The van der Waals surface area contributed by atoms with E-state index in [1.54, 1.807) is 37.1 Å². The van der Waals surface area contributed by atoms with Gasteiger partial charge in [-0.15, -0.1) is 0 Å². The molecule has 1 fully saturated rings. The fourth-order valence-electron chi connectivity index (χ4n) is 2.87. The third kappa shape index (κ3) is 3.74. The molecule has 0 bridgehead atoms. The van der Waals surface area contributed by atoms with E-state index >= 15 is 0 Å². The molecular formula is C15H22N6O3S. The summed E-state index contributed by atoms with van der Waals surface area (Å²) in [5.74, 6) is -0.114. The van der Waals surface area contributed by atoms with Crippen molar-refractivity contribution in [2.75, 3.05) is 13.1 Å². The SMILES string of the molecule is CC(C(=O)NC1CCN(S(=O)(=O)c2cnn(C)c2)CC1)n1cccn1. The first-order valence-corrected chi connectivity index (χ1v) is 9.60. The zero-order chi connectivity index (χ0) is 18.0. The van der Waals surface area contributed by atoms with Crippen LogP contribution in [0.5, 0.6) is 0 Å². The Morgan fingerprint density at radius 2 is 2.04 bits per heavy atom. The molecule has 3 heterocycles. The molecule has 0 radical (unpaired) electrons. The van der Waals surface area contributed by atoms with Crippen molar-refractivity contribution in [1.82, 2.24) is 29.2 Å². The van der Waals surface area contributed by atoms with Crippen LogP contribution in [0, 0.1) is 0 Å². The summed E-state index contributed by atoms with van der Waals surface area (Å²) < 4.78 is 29.6. The molecule has 1 atom stereocenters. The minimum Gasteiger partial charge on any atom is -0.351 e. The standard InChI is InChI=1S/C15H22N6O3S/c1-12(21-7-3-6-16-21)15(22)18-13-4-8-20(9-5-13)25(23,24)14-10-17-19(2)11-14/h3,6-7,10-13H,4-5,8-9H2,1-2H3,(H,18,22). The Bertz CT molecular complexity index is 821. The Morgan fingerprint density at radius 1 is 1.32 bits per heavy atom. The summed E-state index contributed by atoms with van der Waals surface area (Å²) in [6, 6.07) is 1.34. The lowest BCUT2D eigenvalue weighted by molar-refractivity contribution is -0.125. The molecule has 1 amide bonds. The topological polar surface area (TPSA) is 102 Å². The molecule has 1 N–H and O–H groups in total. The van der Waals surface area contributed by atoms with Crippen LogP contribution in [0.25, 0.3) is 0 Å². The van der Waals surface area contributed by atoms with Crippen LogP contribution in [-0.4, -0.2) is 57.3 Å². The van der Waals surface area contributed by atoms with E-state index in [0.717, 1.165) is 0 Å². The Labute approximate surface area is 146 Å². The molecule has 1 saturated heterocycles. The Morgan fingerprint density at radius 3 is 2.60 bits per heavy atom. The third-order valence-corrected chi connectivity index (χ3v) is 6.27. The van der Waals surface area contributed by atoms with Gasteiger partial charge in [0.25, 0.3) is 0 Å². The number of rotatable bonds is 5. The van der Waals surface area contributed by atoms with Gasteiger partial charge in [-0.2, -0.15) is 14.5 Å². The minimum absolute atomic E-state index is 0.0362. The maximum absolute atomic E-state index is 12.6. The molecule has 2 aromatic heterocycles. The number of nitrogens with zero attached hydrogens (tertiary/aromatic N) is 5. The highest BCUT2D eigenvalue weighted by atomic mass is 32.2. The van der Waals surface area contributed by atoms with E-state index in [-0.39, 0.29) is 16.8 Å². The van der Waals surface area contributed by atoms with Crippen molar-refractivity contribution in [2.24, 2.45) is 7.05 Å². The number of amides is 1. The van der Waals surface area contributed by atoms with Crippen molar-refractivity contribution in [3.05, 3.63) is 30.9 Å². The Hall–Kier alpha value is -2.20. The molecule has 9 nitrogen and oxygen atoms in total. The van der Waals surface area contributed by atoms with Gasteiger partial charge in [-0.3, -0.25) is 14.2 Å².